The van der Waals surface area contributed by atoms with Crippen molar-refractivity contribution in [1.82, 2.24) is 19.5 Å². The van der Waals surface area contributed by atoms with Gasteiger partial charge in [-0.05, 0) is 39.2 Å². The molecule has 0 bridgehead atoms. The van der Waals surface area contributed by atoms with Crippen LogP contribution in [0.4, 0.5) is 10.2 Å². The van der Waals surface area contributed by atoms with Gasteiger partial charge in [0.05, 0.1) is 12.4 Å². The average molecular weight is 496 g/mol. The number of methoxy groups -OCH3 is 1. The number of ether oxygens (including phenoxy) is 4. The van der Waals surface area contributed by atoms with E-state index in [1.165, 1.54) is 12.4 Å². The number of aromatic nitrogens is 4. The predicted molar refractivity (Wildman–Crippen MR) is 131 cm³/mol. The third kappa shape index (κ3) is 4.28. The molecule has 6 rings (SSSR count). The normalized spacial score (nSPS) is 31.4. The zero-order valence-corrected chi connectivity index (χ0v) is 20.5. The van der Waals surface area contributed by atoms with E-state index in [0.29, 0.717) is 22.5 Å². The molecule has 1 saturated carbocycles. The minimum atomic E-state index is -0.778. The summed E-state index contributed by atoms with van der Waals surface area (Å²) < 4.78 is 40.4. The van der Waals surface area contributed by atoms with Gasteiger partial charge in [-0.15, -0.1) is 0 Å². The molecule has 0 spiro atoms. The number of halogens is 1. The zero-order valence-electron chi connectivity index (χ0n) is 20.5. The van der Waals surface area contributed by atoms with Crippen molar-refractivity contribution in [2.75, 3.05) is 12.4 Å². The van der Waals surface area contributed by atoms with Crippen LogP contribution in [-0.4, -0.2) is 62.9 Å². The smallest absolute Gasteiger partial charge is 0.167 e. The van der Waals surface area contributed by atoms with Crippen LogP contribution in [0, 0.1) is 5.82 Å². The molecule has 0 radical (unpaired) electrons. The van der Waals surface area contributed by atoms with Crippen LogP contribution in [-0.2, 0) is 18.9 Å². The van der Waals surface area contributed by atoms with Crippen molar-refractivity contribution in [2.45, 2.75) is 75.6 Å². The Morgan fingerprint density at radius 3 is 2.78 bits per heavy atom. The largest absolute Gasteiger partial charge is 0.381 e. The maximum atomic E-state index is 14.2. The van der Waals surface area contributed by atoms with Gasteiger partial charge in [-0.2, -0.15) is 0 Å². The van der Waals surface area contributed by atoms with Gasteiger partial charge >= 0.3 is 0 Å². The molecule has 0 amide bonds. The molecule has 9 nitrogen and oxygen atoms in total. The number of rotatable bonds is 6. The van der Waals surface area contributed by atoms with E-state index in [0.717, 1.165) is 19.3 Å². The first-order chi connectivity index (χ1) is 17.4. The van der Waals surface area contributed by atoms with Crippen LogP contribution in [0.2, 0.25) is 0 Å². The summed E-state index contributed by atoms with van der Waals surface area (Å²) in [6.45, 7) is 3.76. The van der Waals surface area contributed by atoms with E-state index in [1.54, 1.807) is 37.7 Å². The summed E-state index contributed by atoms with van der Waals surface area (Å²) in [6.07, 6.45) is 8.28. The fourth-order valence-corrected chi connectivity index (χ4v) is 5.42. The van der Waals surface area contributed by atoms with Crippen molar-refractivity contribution < 1.29 is 23.3 Å². The van der Waals surface area contributed by atoms with Gasteiger partial charge in [0.2, 0.25) is 0 Å². The molecule has 6 atom stereocenters. The number of anilines is 1. The van der Waals surface area contributed by atoms with Gasteiger partial charge in [0.25, 0.3) is 0 Å². The van der Waals surface area contributed by atoms with E-state index in [9.17, 15) is 4.39 Å². The molecule has 1 aromatic carbocycles. The number of hydrogen-bond acceptors (Lipinski definition) is 8. The lowest BCUT2D eigenvalue weighted by molar-refractivity contribution is -0.191. The highest BCUT2D eigenvalue weighted by Gasteiger charge is 2.55. The van der Waals surface area contributed by atoms with Crippen molar-refractivity contribution in [3.8, 4) is 0 Å². The molecule has 3 aromatic rings. The first-order valence-corrected chi connectivity index (χ1v) is 12.3. The Morgan fingerprint density at radius 2 is 1.97 bits per heavy atom. The molecule has 3 aliphatic rings. The monoisotopic (exact) mass is 495 g/mol. The van der Waals surface area contributed by atoms with E-state index in [4.69, 9.17) is 18.9 Å². The summed E-state index contributed by atoms with van der Waals surface area (Å²) in [4.78, 5) is 13.6. The first-order valence-electron chi connectivity index (χ1n) is 12.3. The highest BCUT2D eigenvalue weighted by molar-refractivity contribution is 5.82. The van der Waals surface area contributed by atoms with E-state index >= 15 is 0 Å². The molecule has 2 unspecified atom stereocenters. The standard InChI is InChI=1S/C26H30FN5O4/c1-26(2)35-21-19(11-8-15-6-4-5-7-18(15)27)34-25(22(21)36-26)32-14-30-20-23(28-13-29-24(20)32)31-16-9-10-17(12-16)33-3/h4-8,11,13-14,16-17,19,21-22,25H,9-10,12H2,1-3H3,(H,28,29,31)/t16?,17?,19-,21-,22+,25-/m1/s1. The van der Waals surface area contributed by atoms with Gasteiger partial charge in [-0.1, -0.05) is 30.4 Å². The maximum absolute atomic E-state index is 14.2. The molecule has 2 aliphatic heterocycles. The third-order valence-electron chi connectivity index (χ3n) is 7.13. The fraction of sp³-hybridized carbons (Fsp3) is 0.500. The number of nitrogens with zero attached hydrogens (tertiary/aromatic N) is 4. The molecule has 2 aromatic heterocycles. The Morgan fingerprint density at radius 1 is 1.14 bits per heavy atom. The predicted octanol–water partition coefficient (Wildman–Crippen LogP) is 4.08. The molecule has 36 heavy (non-hydrogen) atoms. The van der Waals surface area contributed by atoms with E-state index in [1.807, 2.05) is 24.5 Å². The highest BCUT2D eigenvalue weighted by Crippen LogP contribution is 2.44. The summed E-state index contributed by atoms with van der Waals surface area (Å²) in [5, 5.41) is 3.51. The second-order valence-corrected chi connectivity index (χ2v) is 10.00. The second-order valence-electron chi connectivity index (χ2n) is 10.00. The van der Waals surface area contributed by atoms with Crippen LogP contribution < -0.4 is 5.32 Å². The summed E-state index contributed by atoms with van der Waals surface area (Å²) in [5.74, 6) is -0.380. The highest BCUT2D eigenvalue weighted by atomic mass is 19.1. The quantitative estimate of drug-likeness (QED) is 0.547. The lowest BCUT2D eigenvalue weighted by Gasteiger charge is -2.24. The number of fused-ring (bicyclic) bond motifs is 2. The third-order valence-corrected chi connectivity index (χ3v) is 7.13. The topological polar surface area (TPSA) is 92.6 Å². The van der Waals surface area contributed by atoms with Crippen LogP contribution in [0.15, 0.2) is 43.0 Å². The van der Waals surface area contributed by atoms with Gasteiger partial charge in [-0.3, -0.25) is 4.57 Å². The molecule has 1 N–H and O–H groups in total. The van der Waals surface area contributed by atoms with Crippen molar-refractivity contribution in [3.05, 3.63) is 54.4 Å². The second kappa shape index (κ2) is 9.19. The molecule has 190 valence electrons. The van der Waals surface area contributed by atoms with Crippen LogP contribution in [0.5, 0.6) is 0 Å². The number of nitrogens with one attached hydrogen (secondary N) is 1. The first kappa shape index (κ1) is 23.5. The molecule has 4 heterocycles. The van der Waals surface area contributed by atoms with Gasteiger partial charge < -0.3 is 24.3 Å². The minimum absolute atomic E-state index is 0.262. The SMILES string of the molecule is COC1CCC(Nc2ncnc3c2ncn3[C@@H]2O[C@H](C=Cc3ccccc3F)[C@H]3OC(C)(C)O[C@@H]32)C1. The van der Waals surface area contributed by atoms with E-state index < -0.39 is 24.2 Å². The molecule has 2 saturated heterocycles. The van der Waals surface area contributed by atoms with Crippen LogP contribution >= 0.6 is 0 Å². The molecule has 1 aliphatic carbocycles. The van der Waals surface area contributed by atoms with Crippen LogP contribution in [0.1, 0.15) is 44.9 Å². The van der Waals surface area contributed by atoms with Crippen molar-refractivity contribution in [3.63, 3.8) is 0 Å². The number of hydrogen-bond donors (Lipinski definition) is 1. The molecular formula is C26H30FN5O4. The molecular weight excluding hydrogens is 465 g/mol. The van der Waals surface area contributed by atoms with E-state index in [-0.39, 0.29) is 24.1 Å². The van der Waals surface area contributed by atoms with Gasteiger partial charge in [0.1, 0.15) is 30.5 Å². The zero-order chi connectivity index (χ0) is 24.9. The lowest BCUT2D eigenvalue weighted by atomic mass is 10.1. The van der Waals surface area contributed by atoms with Crippen molar-refractivity contribution >= 4 is 23.1 Å². The van der Waals surface area contributed by atoms with Crippen LogP contribution in [0.25, 0.3) is 17.2 Å². The maximum Gasteiger partial charge on any atom is 0.167 e. The molecule has 3 fully saturated rings. The van der Waals surface area contributed by atoms with Crippen molar-refractivity contribution in [1.29, 1.82) is 0 Å². The van der Waals surface area contributed by atoms with E-state index in [2.05, 4.69) is 20.3 Å². The number of benzene rings is 1. The van der Waals surface area contributed by atoms with Gasteiger partial charge in [0.15, 0.2) is 29.0 Å². The lowest BCUT2D eigenvalue weighted by Crippen LogP contribution is -2.28. The summed E-state index contributed by atoms with van der Waals surface area (Å²) in [7, 11) is 1.75. The Hall–Kier alpha value is -2.92. The Labute approximate surface area is 208 Å². The number of imidazole rings is 1. The fourth-order valence-electron chi connectivity index (χ4n) is 5.42. The van der Waals surface area contributed by atoms with Crippen LogP contribution in [0.3, 0.4) is 0 Å². The van der Waals surface area contributed by atoms with Gasteiger partial charge in [0, 0.05) is 18.7 Å². The summed E-state index contributed by atoms with van der Waals surface area (Å²) >= 11 is 0. The average Bonchev–Trinajstić information content (AvgIpc) is 3.62. The Balaban J connectivity index is 1.28. The summed E-state index contributed by atoms with van der Waals surface area (Å²) in [5.41, 5.74) is 1.80. The minimum Gasteiger partial charge on any atom is -0.381 e. The molecule has 10 heteroatoms. The Kier molecular flexibility index (Phi) is 5.99. The van der Waals surface area contributed by atoms with Gasteiger partial charge in [-0.25, -0.2) is 19.3 Å². The van der Waals surface area contributed by atoms with Crippen molar-refractivity contribution in [2.24, 2.45) is 0 Å². The Bertz CT molecular complexity index is 1280. The summed E-state index contributed by atoms with van der Waals surface area (Å²) in [6, 6.07) is 6.89.